The first-order valence-corrected chi connectivity index (χ1v) is 5.43. The Morgan fingerprint density at radius 2 is 2.00 bits per heavy atom. The van der Waals surface area contributed by atoms with Crippen LogP contribution < -0.4 is 4.74 Å². The fourth-order valence-electron chi connectivity index (χ4n) is 1.47. The van der Waals surface area contributed by atoms with Gasteiger partial charge in [-0.05, 0) is 18.2 Å². The number of alkyl halides is 2. The maximum atomic E-state index is 12.4. The molecule has 2 rings (SSSR count). The van der Waals surface area contributed by atoms with Crippen LogP contribution in [0.1, 0.15) is 12.1 Å². The van der Waals surface area contributed by atoms with E-state index in [1.807, 2.05) is 0 Å². The van der Waals surface area contributed by atoms with Crippen molar-refractivity contribution in [1.29, 1.82) is 0 Å². The molecule has 0 unspecified atom stereocenters. The Bertz CT molecular complexity index is 546. The van der Waals surface area contributed by atoms with Crippen LogP contribution in [0.25, 0.3) is 11.3 Å². The van der Waals surface area contributed by atoms with E-state index in [1.54, 1.807) is 18.2 Å². The number of rotatable bonds is 3. The van der Waals surface area contributed by atoms with Crippen LogP contribution in [-0.4, -0.2) is 17.1 Å². The highest BCUT2D eigenvalue weighted by atomic mass is 35.5. The summed E-state index contributed by atoms with van der Waals surface area (Å²) < 4.78 is 29.9. The first-order chi connectivity index (χ1) is 8.61. The standard InChI is InChI=1S/C12H9ClF2N2O/c1-18-11-4-7(13)2-3-8(11)9-5-17-10(6-16-9)12(14)15/h2-6,12H,1H3. The van der Waals surface area contributed by atoms with Crippen molar-refractivity contribution in [1.82, 2.24) is 9.97 Å². The van der Waals surface area contributed by atoms with E-state index < -0.39 is 6.43 Å². The molecule has 0 atom stereocenters. The van der Waals surface area contributed by atoms with Gasteiger partial charge < -0.3 is 4.74 Å². The number of hydrogen-bond acceptors (Lipinski definition) is 3. The summed E-state index contributed by atoms with van der Waals surface area (Å²) in [5, 5.41) is 0.521. The Kier molecular flexibility index (Phi) is 3.72. The van der Waals surface area contributed by atoms with E-state index in [4.69, 9.17) is 16.3 Å². The highest BCUT2D eigenvalue weighted by Crippen LogP contribution is 2.31. The van der Waals surface area contributed by atoms with Crippen molar-refractivity contribution < 1.29 is 13.5 Å². The van der Waals surface area contributed by atoms with Gasteiger partial charge in [0.05, 0.1) is 25.2 Å². The van der Waals surface area contributed by atoms with Crippen LogP contribution in [0.2, 0.25) is 5.02 Å². The summed E-state index contributed by atoms with van der Waals surface area (Å²) in [5.41, 5.74) is 0.745. The number of hydrogen-bond donors (Lipinski definition) is 0. The predicted molar refractivity (Wildman–Crippen MR) is 64.0 cm³/mol. The second-order valence-electron chi connectivity index (χ2n) is 3.47. The van der Waals surface area contributed by atoms with Gasteiger partial charge in [0.15, 0.2) is 0 Å². The normalized spacial score (nSPS) is 10.7. The van der Waals surface area contributed by atoms with Crippen molar-refractivity contribution >= 4 is 11.6 Å². The van der Waals surface area contributed by atoms with Crippen molar-refractivity contribution in [3.63, 3.8) is 0 Å². The van der Waals surface area contributed by atoms with E-state index in [0.717, 1.165) is 6.20 Å². The van der Waals surface area contributed by atoms with Gasteiger partial charge in [-0.2, -0.15) is 0 Å². The average Bonchev–Trinajstić information content (AvgIpc) is 2.38. The third kappa shape index (κ3) is 2.56. The predicted octanol–water partition coefficient (Wildman–Crippen LogP) is 3.74. The SMILES string of the molecule is COc1cc(Cl)ccc1-c1cnc(C(F)F)cn1. The molecule has 0 bridgehead atoms. The zero-order chi connectivity index (χ0) is 13.1. The highest BCUT2D eigenvalue weighted by molar-refractivity contribution is 6.30. The van der Waals surface area contributed by atoms with Crippen molar-refractivity contribution in [2.75, 3.05) is 7.11 Å². The van der Waals surface area contributed by atoms with Gasteiger partial charge in [-0.1, -0.05) is 11.6 Å². The maximum Gasteiger partial charge on any atom is 0.281 e. The minimum Gasteiger partial charge on any atom is -0.496 e. The summed E-state index contributed by atoms with van der Waals surface area (Å²) in [6, 6.07) is 4.99. The summed E-state index contributed by atoms with van der Waals surface area (Å²) in [6.45, 7) is 0. The number of ether oxygens (including phenoxy) is 1. The first kappa shape index (κ1) is 12.7. The molecule has 1 aromatic heterocycles. The van der Waals surface area contributed by atoms with Crippen LogP contribution in [0.5, 0.6) is 5.75 Å². The fourth-order valence-corrected chi connectivity index (χ4v) is 1.63. The molecule has 0 spiro atoms. The van der Waals surface area contributed by atoms with Gasteiger partial charge in [0.1, 0.15) is 11.4 Å². The smallest absolute Gasteiger partial charge is 0.281 e. The van der Waals surface area contributed by atoms with Gasteiger partial charge in [-0.25, -0.2) is 8.78 Å². The van der Waals surface area contributed by atoms with Crippen LogP contribution >= 0.6 is 11.6 Å². The number of nitrogens with zero attached hydrogens (tertiary/aromatic N) is 2. The molecule has 0 saturated heterocycles. The molecule has 0 saturated carbocycles. The topological polar surface area (TPSA) is 35.0 Å². The zero-order valence-corrected chi connectivity index (χ0v) is 10.2. The summed E-state index contributed by atoms with van der Waals surface area (Å²) in [5.74, 6) is 0.515. The summed E-state index contributed by atoms with van der Waals surface area (Å²) >= 11 is 5.83. The largest absolute Gasteiger partial charge is 0.496 e. The Balaban J connectivity index is 2.42. The van der Waals surface area contributed by atoms with E-state index in [2.05, 4.69) is 9.97 Å². The molecule has 0 aliphatic rings. The Labute approximate surface area is 107 Å². The first-order valence-electron chi connectivity index (χ1n) is 5.06. The van der Waals surface area contributed by atoms with E-state index in [-0.39, 0.29) is 5.69 Å². The Hall–Kier alpha value is -1.75. The minimum atomic E-state index is -2.63. The zero-order valence-electron chi connectivity index (χ0n) is 9.40. The van der Waals surface area contributed by atoms with E-state index in [0.29, 0.717) is 22.0 Å². The third-order valence-electron chi connectivity index (χ3n) is 2.33. The Morgan fingerprint density at radius 1 is 1.22 bits per heavy atom. The minimum absolute atomic E-state index is 0.355. The van der Waals surface area contributed by atoms with Crippen molar-refractivity contribution in [3.8, 4) is 17.0 Å². The molecule has 94 valence electrons. The van der Waals surface area contributed by atoms with Crippen molar-refractivity contribution in [2.24, 2.45) is 0 Å². The molecule has 0 radical (unpaired) electrons. The highest BCUT2D eigenvalue weighted by Gasteiger charge is 2.12. The molecule has 1 heterocycles. The monoisotopic (exact) mass is 270 g/mol. The molecule has 18 heavy (non-hydrogen) atoms. The van der Waals surface area contributed by atoms with Gasteiger partial charge in [-0.3, -0.25) is 9.97 Å². The lowest BCUT2D eigenvalue weighted by atomic mass is 10.1. The number of benzene rings is 1. The van der Waals surface area contributed by atoms with E-state index in [1.165, 1.54) is 13.3 Å². The van der Waals surface area contributed by atoms with Crippen molar-refractivity contribution in [3.05, 3.63) is 41.3 Å². The third-order valence-corrected chi connectivity index (χ3v) is 2.57. The molecule has 6 heteroatoms. The molecule has 2 aromatic rings. The summed E-state index contributed by atoms with van der Waals surface area (Å²) in [7, 11) is 1.50. The number of methoxy groups -OCH3 is 1. The fraction of sp³-hybridized carbons (Fsp3) is 0.167. The molecular formula is C12H9ClF2N2O. The second kappa shape index (κ2) is 5.27. The summed E-state index contributed by atoms with van der Waals surface area (Å²) in [4.78, 5) is 7.59. The molecule has 0 N–H and O–H groups in total. The maximum absolute atomic E-state index is 12.4. The molecule has 0 amide bonds. The lowest BCUT2D eigenvalue weighted by Gasteiger charge is -2.08. The molecule has 0 fully saturated rings. The molecule has 0 aliphatic carbocycles. The van der Waals surface area contributed by atoms with Gasteiger partial charge >= 0.3 is 0 Å². The number of aromatic nitrogens is 2. The molecule has 0 aliphatic heterocycles. The number of halogens is 3. The molecule has 3 nitrogen and oxygen atoms in total. The molecule has 1 aromatic carbocycles. The van der Waals surface area contributed by atoms with Gasteiger partial charge in [0.25, 0.3) is 6.43 Å². The van der Waals surface area contributed by atoms with Gasteiger partial charge in [0.2, 0.25) is 0 Å². The van der Waals surface area contributed by atoms with Crippen LogP contribution in [0.15, 0.2) is 30.6 Å². The van der Waals surface area contributed by atoms with E-state index >= 15 is 0 Å². The lowest BCUT2D eigenvalue weighted by molar-refractivity contribution is 0.145. The van der Waals surface area contributed by atoms with Crippen LogP contribution in [0.3, 0.4) is 0 Å². The second-order valence-corrected chi connectivity index (χ2v) is 3.91. The van der Waals surface area contributed by atoms with Crippen molar-refractivity contribution in [2.45, 2.75) is 6.43 Å². The van der Waals surface area contributed by atoms with Gasteiger partial charge in [0, 0.05) is 10.6 Å². The Morgan fingerprint density at radius 3 is 2.56 bits per heavy atom. The van der Waals surface area contributed by atoms with E-state index in [9.17, 15) is 8.78 Å². The molecular weight excluding hydrogens is 262 g/mol. The summed E-state index contributed by atoms with van der Waals surface area (Å²) in [6.07, 6.45) is -0.292. The van der Waals surface area contributed by atoms with Crippen LogP contribution in [0.4, 0.5) is 8.78 Å². The van der Waals surface area contributed by atoms with Crippen LogP contribution in [-0.2, 0) is 0 Å². The quantitative estimate of drug-likeness (QED) is 0.852. The van der Waals surface area contributed by atoms with Crippen LogP contribution in [0, 0.1) is 0 Å². The lowest BCUT2D eigenvalue weighted by Crippen LogP contribution is -1.95. The average molecular weight is 271 g/mol. The van der Waals surface area contributed by atoms with Gasteiger partial charge in [-0.15, -0.1) is 0 Å².